The van der Waals surface area contributed by atoms with E-state index in [0.29, 0.717) is 35.7 Å². The number of hydrogen-bond acceptors (Lipinski definition) is 2. The Labute approximate surface area is 158 Å². The van der Waals surface area contributed by atoms with Gasteiger partial charge in [-0.15, -0.1) is 12.8 Å². The first kappa shape index (κ1) is 19.2. The zero-order valence-electron chi connectivity index (χ0n) is 16.7. The van der Waals surface area contributed by atoms with Gasteiger partial charge in [0.1, 0.15) is 5.78 Å². The van der Waals surface area contributed by atoms with Crippen molar-refractivity contribution in [2.75, 3.05) is 0 Å². The van der Waals surface area contributed by atoms with Crippen LogP contribution in [0.2, 0.25) is 0 Å². The summed E-state index contributed by atoms with van der Waals surface area (Å²) in [5.74, 6) is 2.80. The zero-order valence-corrected chi connectivity index (χ0v) is 16.7. The van der Waals surface area contributed by atoms with Crippen LogP contribution >= 0.6 is 0 Å². The number of ketones is 2. The Kier molecular flexibility index (Phi) is 4.80. The summed E-state index contributed by atoms with van der Waals surface area (Å²) in [6.07, 6.45) is 18.3. The molecule has 0 saturated heterocycles. The predicted molar refractivity (Wildman–Crippen MR) is 105 cm³/mol. The lowest BCUT2D eigenvalue weighted by molar-refractivity contribution is -0.140. The van der Waals surface area contributed by atoms with Crippen molar-refractivity contribution < 1.29 is 9.59 Å². The highest BCUT2D eigenvalue weighted by molar-refractivity contribution is 5.92. The van der Waals surface area contributed by atoms with Gasteiger partial charge in [-0.1, -0.05) is 32.4 Å². The first-order valence-electron chi connectivity index (χ1n) is 10.1. The minimum absolute atomic E-state index is 0.156. The van der Waals surface area contributed by atoms with Crippen LogP contribution in [0.4, 0.5) is 0 Å². The standard InChI is InChI=1S/C22H30O2.C2H2/c1-13-11-16-17-5-6-20(24)14(2)21(17,3)10-8-18(16)22(4)9-7-15(23)12-19(13)22;1-2/h11-12,14,16-18H,5-10H2,1-4H3;1-2H/t14-,16?,17?,18?,21+,22+;/m0./s1. The molecule has 4 rings (SSSR count). The van der Waals surface area contributed by atoms with E-state index in [-0.39, 0.29) is 16.7 Å². The molecule has 3 unspecified atom stereocenters. The van der Waals surface area contributed by atoms with E-state index in [4.69, 9.17) is 0 Å². The highest BCUT2D eigenvalue weighted by Gasteiger charge is 2.57. The lowest BCUT2D eigenvalue weighted by Crippen LogP contribution is -2.54. The highest BCUT2D eigenvalue weighted by Crippen LogP contribution is 2.64. The van der Waals surface area contributed by atoms with Crippen LogP contribution in [0.15, 0.2) is 23.3 Å². The molecule has 6 atom stereocenters. The molecular weight excluding hydrogens is 320 g/mol. The minimum atomic E-state index is 0.156. The maximum Gasteiger partial charge on any atom is 0.156 e. The molecule has 0 heterocycles. The third-order valence-corrected chi connectivity index (χ3v) is 8.44. The van der Waals surface area contributed by atoms with Gasteiger partial charge in [0.25, 0.3) is 0 Å². The average molecular weight is 353 g/mol. The fraction of sp³-hybridized carbons (Fsp3) is 0.667. The number of Topliss-reactive ketones (excluding diaryl/α,β-unsaturated/α-hetero) is 1. The fourth-order valence-electron chi connectivity index (χ4n) is 6.73. The van der Waals surface area contributed by atoms with E-state index in [1.165, 1.54) is 17.6 Å². The van der Waals surface area contributed by atoms with Gasteiger partial charge < -0.3 is 0 Å². The smallest absolute Gasteiger partial charge is 0.156 e. The van der Waals surface area contributed by atoms with Crippen molar-refractivity contribution in [2.24, 2.45) is 34.5 Å². The van der Waals surface area contributed by atoms with E-state index in [1.54, 1.807) is 0 Å². The predicted octanol–water partition coefficient (Wildman–Crippen LogP) is 5.14. The molecule has 0 aromatic rings. The van der Waals surface area contributed by atoms with E-state index in [9.17, 15) is 9.59 Å². The van der Waals surface area contributed by atoms with Crippen LogP contribution < -0.4 is 0 Å². The molecule has 0 aromatic heterocycles. The van der Waals surface area contributed by atoms with Gasteiger partial charge in [-0.05, 0) is 72.8 Å². The van der Waals surface area contributed by atoms with Crippen molar-refractivity contribution in [3.8, 4) is 12.8 Å². The first-order chi connectivity index (χ1) is 12.3. The topological polar surface area (TPSA) is 34.1 Å². The van der Waals surface area contributed by atoms with Crippen molar-refractivity contribution >= 4 is 11.6 Å². The van der Waals surface area contributed by atoms with E-state index in [0.717, 1.165) is 25.7 Å². The highest BCUT2D eigenvalue weighted by atomic mass is 16.1. The maximum absolute atomic E-state index is 12.3. The Bertz CT molecular complexity index is 709. The fourth-order valence-corrected chi connectivity index (χ4v) is 6.73. The summed E-state index contributed by atoms with van der Waals surface area (Å²) in [4.78, 5) is 24.3. The third kappa shape index (κ3) is 2.55. The maximum atomic E-state index is 12.3. The summed E-state index contributed by atoms with van der Waals surface area (Å²) in [6, 6.07) is 0. The lowest BCUT2D eigenvalue weighted by Gasteiger charge is -2.60. The molecule has 4 aliphatic carbocycles. The molecule has 2 nitrogen and oxygen atoms in total. The van der Waals surface area contributed by atoms with Gasteiger partial charge in [-0.25, -0.2) is 0 Å². The average Bonchev–Trinajstić information content (AvgIpc) is 2.62. The Balaban J connectivity index is 0.000000948. The van der Waals surface area contributed by atoms with Gasteiger partial charge in [-0.3, -0.25) is 9.59 Å². The number of rotatable bonds is 0. The van der Waals surface area contributed by atoms with Crippen LogP contribution in [0.5, 0.6) is 0 Å². The molecule has 0 aliphatic heterocycles. The molecule has 26 heavy (non-hydrogen) atoms. The van der Waals surface area contributed by atoms with Gasteiger partial charge >= 0.3 is 0 Å². The monoisotopic (exact) mass is 352 g/mol. The first-order valence-corrected chi connectivity index (χ1v) is 10.1. The molecule has 0 amide bonds. The lowest BCUT2D eigenvalue weighted by atomic mass is 9.44. The molecule has 2 saturated carbocycles. The van der Waals surface area contributed by atoms with Gasteiger partial charge in [0, 0.05) is 18.8 Å². The van der Waals surface area contributed by atoms with Crippen LogP contribution in [0.25, 0.3) is 0 Å². The van der Waals surface area contributed by atoms with Crippen LogP contribution in [0, 0.1) is 47.3 Å². The van der Waals surface area contributed by atoms with Crippen molar-refractivity contribution in [1.82, 2.24) is 0 Å². The van der Waals surface area contributed by atoms with Gasteiger partial charge in [0.15, 0.2) is 5.78 Å². The summed E-state index contributed by atoms with van der Waals surface area (Å²) in [5.41, 5.74) is 2.95. The van der Waals surface area contributed by atoms with Crippen molar-refractivity contribution in [2.45, 2.75) is 66.2 Å². The molecule has 0 bridgehead atoms. The molecule has 0 aromatic carbocycles. The summed E-state index contributed by atoms with van der Waals surface area (Å²) in [5, 5.41) is 0. The Hall–Kier alpha value is -1.62. The van der Waals surface area contributed by atoms with E-state index < -0.39 is 0 Å². The largest absolute Gasteiger partial charge is 0.299 e. The van der Waals surface area contributed by atoms with Crippen LogP contribution in [-0.2, 0) is 9.59 Å². The Morgan fingerprint density at radius 2 is 1.73 bits per heavy atom. The van der Waals surface area contributed by atoms with Crippen LogP contribution in [0.1, 0.15) is 66.2 Å². The minimum Gasteiger partial charge on any atom is -0.299 e. The van der Waals surface area contributed by atoms with Gasteiger partial charge in [0.05, 0.1) is 0 Å². The van der Waals surface area contributed by atoms with Crippen LogP contribution in [-0.4, -0.2) is 11.6 Å². The Morgan fingerprint density at radius 3 is 2.42 bits per heavy atom. The zero-order chi connectivity index (χ0) is 19.3. The summed E-state index contributed by atoms with van der Waals surface area (Å²) in [7, 11) is 0. The van der Waals surface area contributed by atoms with Crippen molar-refractivity contribution in [1.29, 1.82) is 0 Å². The van der Waals surface area contributed by atoms with Crippen LogP contribution in [0.3, 0.4) is 0 Å². The quantitative estimate of drug-likeness (QED) is 0.566. The second-order valence-corrected chi connectivity index (χ2v) is 9.35. The SMILES string of the molecule is C#C.CC1=CC2C(CC[C@@]3(C)C2CCC(=O)[C@@H]3C)[C@@]2(C)CCC(=O)C=C12. The second-order valence-electron chi connectivity index (χ2n) is 9.35. The van der Waals surface area contributed by atoms with E-state index >= 15 is 0 Å². The number of carbonyl (C=O) groups is 2. The molecule has 4 aliphatic rings. The summed E-state index contributed by atoms with van der Waals surface area (Å²) in [6.45, 7) is 9.14. The number of terminal acetylenes is 1. The van der Waals surface area contributed by atoms with E-state index in [2.05, 4.69) is 46.6 Å². The van der Waals surface area contributed by atoms with E-state index in [1.807, 2.05) is 6.08 Å². The normalized spacial score (nSPS) is 44.4. The van der Waals surface area contributed by atoms with Gasteiger partial charge in [-0.2, -0.15) is 0 Å². The third-order valence-electron chi connectivity index (χ3n) is 8.44. The molecule has 0 spiro atoms. The molecule has 0 radical (unpaired) electrons. The summed E-state index contributed by atoms with van der Waals surface area (Å²) < 4.78 is 0. The molecule has 2 fully saturated rings. The molecule has 2 heteroatoms. The number of carbonyl (C=O) groups excluding carboxylic acids is 2. The number of allylic oxidation sites excluding steroid dienone is 4. The second kappa shape index (κ2) is 6.52. The molecule has 140 valence electrons. The number of hydrogen-bond donors (Lipinski definition) is 0. The van der Waals surface area contributed by atoms with Gasteiger partial charge in [0.2, 0.25) is 0 Å². The van der Waals surface area contributed by atoms with Crippen molar-refractivity contribution in [3.63, 3.8) is 0 Å². The summed E-state index contributed by atoms with van der Waals surface area (Å²) >= 11 is 0. The number of fused-ring (bicyclic) bond motifs is 5. The van der Waals surface area contributed by atoms with Crippen molar-refractivity contribution in [3.05, 3.63) is 23.3 Å². The molecule has 0 N–H and O–H groups in total. The molecular formula is C24H32O2. The Morgan fingerprint density at radius 1 is 1.04 bits per heavy atom.